The molecule has 14 heteroatoms. The van der Waals surface area contributed by atoms with E-state index in [2.05, 4.69) is 0 Å². The van der Waals surface area contributed by atoms with E-state index in [1.165, 1.54) is 36.4 Å². The molecule has 0 aromatic heterocycles. The van der Waals surface area contributed by atoms with Gasteiger partial charge in [0, 0.05) is 37.1 Å². The molecule has 0 radical (unpaired) electrons. The Balaban J connectivity index is 0.923. The molecule has 8 nitrogen and oxygen atoms in total. The van der Waals surface area contributed by atoms with Gasteiger partial charge >= 0.3 is 23.9 Å². The molecule has 6 aromatic carbocycles. The van der Waals surface area contributed by atoms with Crippen LogP contribution in [0.1, 0.15) is 52.8 Å². The minimum absolute atomic E-state index is 0.0612. The van der Waals surface area contributed by atoms with E-state index in [0.29, 0.717) is 65.1 Å². The zero-order valence-electron chi connectivity index (χ0n) is 28.3. The van der Waals surface area contributed by atoms with Gasteiger partial charge in [-0.3, -0.25) is 9.59 Å². The van der Waals surface area contributed by atoms with Crippen molar-refractivity contribution in [3.05, 3.63) is 143 Å². The number of rotatable bonds is 12. The quantitative estimate of drug-likeness (QED) is 0.0399. The first-order valence-corrected chi connectivity index (χ1v) is 16.6. The van der Waals surface area contributed by atoms with Crippen LogP contribution in [0.5, 0.6) is 23.0 Å². The molecular formula is C41H26F6O8. The van der Waals surface area contributed by atoms with E-state index in [0.717, 1.165) is 0 Å². The number of carbonyl (C=O) groups excluding carboxylic acids is 4. The highest BCUT2D eigenvalue weighted by atomic mass is 19.2. The Morgan fingerprint density at radius 1 is 0.382 bits per heavy atom. The monoisotopic (exact) mass is 760 g/mol. The number of ether oxygens (including phenoxy) is 4. The number of unbranched alkanes of at least 4 members (excludes halogenated alkanes) is 2. The van der Waals surface area contributed by atoms with E-state index in [-0.39, 0.29) is 35.5 Å². The maximum atomic E-state index is 13.5. The van der Waals surface area contributed by atoms with Gasteiger partial charge in [0.15, 0.2) is 34.9 Å². The summed E-state index contributed by atoms with van der Waals surface area (Å²) in [6.45, 7) is 0. The highest BCUT2D eigenvalue weighted by Gasteiger charge is 2.18. The topological polar surface area (TPSA) is 105 Å². The molecule has 0 saturated carbocycles. The fourth-order valence-corrected chi connectivity index (χ4v) is 5.42. The van der Waals surface area contributed by atoms with Gasteiger partial charge in [0.2, 0.25) is 0 Å². The van der Waals surface area contributed by atoms with E-state index < -0.39 is 70.3 Å². The smallest absolute Gasteiger partial charge is 0.343 e. The van der Waals surface area contributed by atoms with Crippen LogP contribution in [-0.4, -0.2) is 23.9 Å². The van der Waals surface area contributed by atoms with Gasteiger partial charge in [-0.1, -0.05) is 30.7 Å². The predicted octanol–water partition coefficient (Wildman–Crippen LogP) is 9.73. The van der Waals surface area contributed by atoms with Gasteiger partial charge in [0.1, 0.15) is 23.0 Å². The van der Waals surface area contributed by atoms with Crippen LogP contribution in [-0.2, 0) is 9.59 Å². The fourth-order valence-electron chi connectivity index (χ4n) is 5.42. The van der Waals surface area contributed by atoms with Gasteiger partial charge in [-0.05, 0) is 82.9 Å². The summed E-state index contributed by atoms with van der Waals surface area (Å²) >= 11 is 0. The van der Waals surface area contributed by atoms with Crippen molar-refractivity contribution in [2.45, 2.75) is 32.1 Å². The molecular weight excluding hydrogens is 734 g/mol. The number of fused-ring (bicyclic) bond motifs is 2. The van der Waals surface area contributed by atoms with Crippen LogP contribution in [0.4, 0.5) is 26.3 Å². The fraction of sp³-hybridized carbons (Fsp3) is 0.122. The Morgan fingerprint density at radius 2 is 0.727 bits per heavy atom. The Morgan fingerprint density at radius 3 is 1.11 bits per heavy atom. The molecule has 0 amide bonds. The lowest BCUT2D eigenvalue weighted by Crippen LogP contribution is -2.10. The zero-order chi connectivity index (χ0) is 39.2. The van der Waals surface area contributed by atoms with Crippen molar-refractivity contribution in [1.29, 1.82) is 0 Å². The lowest BCUT2D eigenvalue weighted by Gasteiger charge is -2.09. The summed E-state index contributed by atoms with van der Waals surface area (Å²) in [5.41, 5.74) is 0.122. The van der Waals surface area contributed by atoms with Crippen molar-refractivity contribution in [1.82, 2.24) is 0 Å². The van der Waals surface area contributed by atoms with Crippen LogP contribution in [0.2, 0.25) is 0 Å². The second kappa shape index (κ2) is 16.5. The Hall–Kier alpha value is -6.70. The highest BCUT2D eigenvalue weighted by molar-refractivity contribution is 5.98. The second-order valence-corrected chi connectivity index (χ2v) is 12.1. The third-order valence-electron chi connectivity index (χ3n) is 8.16. The van der Waals surface area contributed by atoms with Gasteiger partial charge < -0.3 is 18.9 Å². The number of carbonyl (C=O) groups is 4. The van der Waals surface area contributed by atoms with Crippen molar-refractivity contribution in [2.24, 2.45) is 0 Å². The molecule has 55 heavy (non-hydrogen) atoms. The van der Waals surface area contributed by atoms with Crippen LogP contribution in [0, 0.1) is 34.9 Å². The molecule has 0 atom stereocenters. The van der Waals surface area contributed by atoms with Crippen LogP contribution in [0.3, 0.4) is 0 Å². The maximum absolute atomic E-state index is 13.5. The number of esters is 4. The lowest BCUT2D eigenvalue weighted by molar-refractivity contribution is -0.134. The third-order valence-corrected chi connectivity index (χ3v) is 8.16. The van der Waals surface area contributed by atoms with Gasteiger partial charge in [0.05, 0.1) is 11.1 Å². The van der Waals surface area contributed by atoms with E-state index in [9.17, 15) is 45.5 Å². The predicted molar refractivity (Wildman–Crippen MR) is 185 cm³/mol. The van der Waals surface area contributed by atoms with Crippen molar-refractivity contribution >= 4 is 45.4 Å². The zero-order valence-corrected chi connectivity index (χ0v) is 28.3. The summed E-state index contributed by atoms with van der Waals surface area (Å²) in [5.74, 6) is -12.7. The van der Waals surface area contributed by atoms with Crippen LogP contribution in [0.25, 0.3) is 21.5 Å². The van der Waals surface area contributed by atoms with Gasteiger partial charge in [-0.25, -0.2) is 35.9 Å². The molecule has 6 aromatic rings. The van der Waals surface area contributed by atoms with Crippen molar-refractivity contribution in [2.75, 3.05) is 0 Å². The standard InChI is InChI=1S/C41H26F6O8/c42-32-18-30(19-33(43)38(32)46)54-40(50)26-8-6-24-16-28(12-10-22(24)14-26)52-36(48)4-2-1-3-5-37(49)53-29-13-11-23-15-27(9-7-25(23)17-29)41(51)55-31-20-34(44)39(47)35(45)21-31/h6-21H,1-5H2. The molecule has 0 N–H and O–H groups in total. The van der Waals surface area contributed by atoms with Crippen LogP contribution in [0.15, 0.2) is 97.1 Å². The summed E-state index contributed by atoms with van der Waals surface area (Å²) in [4.78, 5) is 49.8. The Kier molecular flexibility index (Phi) is 11.4. The molecule has 0 unspecified atom stereocenters. The molecule has 0 spiro atoms. The number of hydrogen-bond acceptors (Lipinski definition) is 8. The minimum atomic E-state index is -1.68. The molecule has 0 heterocycles. The molecule has 0 aliphatic carbocycles. The van der Waals surface area contributed by atoms with Crippen LogP contribution >= 0.6 is 0 Å². The van der Waals surface area contributed by atoms with Gasteiger partial charge in [0.25, 0.3) is 0 Å². The molecule has 0 saturated heterocycles. The largest absolute Gasteiger partial charge is 0.427 e. The normalized spacial score (nSPS) is 11.0. The number of halogens is 6. The summed E-state index contributed by atoms with van der Waals surface area (Å²) in [6, 6.07) is 20.5. The SMILES string of the molecule is O=C(CCCCCC(=O)Oc1ccc2cc(C(=O)Oc3cc(F)c(F)c(F)c3)ccc2c1)Oc1ccc2cc(C(=O)Oc3cc(F)c(F)c(F)c3)ccc2c1. The first-order chi connectivity index (χ1) is 26.3. The minimum Gasteiger partial charge on any atom is -0.427 e. The summed E-state index contributed by atoms with van der Waals surface area (Å²) in [7, 11) is 0. The van der Waals surface area contributed by atoms with Gasteiger partial charge in [-0.2, -0.15) is 0 Å². The van der Waals surface area contributed by atoms with E-state index in [1.54, 1.807) is 36.4 Å². The second-order valence-electron chi connectivity index (χ2n) is 12.1. The highest BCUT2D eigenvalue weighted by Crippen LogP contribution is 2.27. The molecule has 6 rings (SSSR count). The average Bonchev–Trinajstić information content (AvgIpc) is 3.15. The summed E-state index contributed by atoms with van der Waals surface area (Å²) < 4.78 is 101. The molecule has 0 aliphatic rings. The van der Waals surface area contributed by atoms with Crippen molar-refractivity contribution in [3.63, 3.8) is 0 Å². The lowest BCUT2D eigenvalue weighted by atomic mass is 10.1. The van der Waals surface area contributed by atoms with E-state index in [1.807, 2.05) is 0 Å². The third kappa shape index (κ3) is 9.46. The van der Waals surface area contributed by atoms with Gasteiger partial charge in [-0.15, -0.1) is 0 Å². The van der Waals surface area contributed by atoms with E-state index >= 15 is 0 Å². The summed E-state index contributed by atoms with van der Waals surface area (Å²) in [5, 5.41) is 2.40. The molecule has 280 valence electrons. The van der Waals surface area contributed by atoms with E-state index in [4.69, 9.17) is 18.9 Å². The number of benzene rings is 6. The molecule has 0 bridgehead atoms. The summed E-state index contributed by atoms with van der Waals surface area (Å²) in [6.07, 6.45) is 1.59. The van der Waals surface area contributed by atoms with Crippen molar-refractivity contribution in [3.8, 4) is 23.0 Å². The first-order valence-electron chi connectivity index (χ1n) is 16.6. The van der Waals surface area contributed by atoms with Crippen molar-refractivity contribution < 1.29 is 64.5 Å². The Labute approximate surface area is 307 Å². The molecule has 0 fully saturated rings. The number of hydrogen-bond donors (Lipinski definition) is 0. The maximum Gasteiger partial charge on any atom is 0.343 e. The average molecular weight is 761 g/mol. The van der Waals surface area contributed by atoms with Crippen LogP contribution < -0.4 is 18.9 Å². The molecule has 0 aliphatic heterocycles. The Bertz CT molecular complexity index is 2270. The first kappa shape index (κ1) is 38.0.